The number of hydrogen-bond acceptors (Lipinski definition) is 6. The smallest absolute Gasteiger partial charge is 0.417 e. The lowest BCUT2D eigenvalue weighted by molar-refractivity contribution is -0.142. The third-order valence-electron chi connectivity index (χ3n) is 5.95. The summed E-state index contributed by atoms with van der Waals surface area (Å²) in [6.45, 7) is 4.32. The maximum atomic E-state index is 13.9. The zero-order valence-corrected chi connectivity index (χ0v) is 24.6. The molecule has 0 fully saturated rings. The number of esters is 2. The fourth-order valence-corrected chi connectivity index (χ4v) is 3.74. The number of carbonyl (C=O) groups excluding carboxylic acids is 2. The Morgan fingerprint density at radius 3 is 1.45 bits per heavy atom. The molecule has 0 atom stereocenters. The molecule has 0 bridgehead atoms. The number of rotatable bonds is 12. The van der Waals surface area contributed by atoms with Gasteiger partial charge in [-0.25, -0.2) is 0 Å². The Balaban J connectivity index is 1.58. The van der Waals surface area contributed by atoms with Gasteiger partial charge in [0, 0.05) is 36.1 Å². The molecule has 230 valence electrons. The third-order valence-corrected chi connectivity index (χ3v) is 5.95. The van der Waals surface area contributed by atoms with Gasteiger partial charge in [-0.1, -0.05) is 23.7 Å². The Labute approximate surface area is 255 Å². The predicted octanol–water partition coefficient (Wildman–Crippen LogP) is 6.95. The van der Waals surface area contributed by atoms with Gasteiger partial charge in [0.15, 0.2) is 0 Å². The largest absolute Gasteiger partial charge is 0.494 e. The first-order valence-corrected chi connectivity index (χ1v) is 14.1. The summed E-state index contributed by atoms with van der Waals surface area (Å²) in [5.74, 6) is 11.7. The van der Waals surface area contributed by atoms with Crippen LogP contribution in [0.25, 0.3) is 0 Å². The summed E-state index contributed by atoms with van der Waals surface area (Å²) < 4.78 is 62.6. The SMILES string of the molecule is CC(=O)OCCCCOc1ccc(C#Cc2ccc(C#Cc3ccc(OCCCCOC(C)=O)cc3)c(C(F)(F)F)c2)cc1. The van der Waals surface area contributed by atoms with Crippen molar-refractivity contribution in [3.63, 3.8) is 0 Å². The lowest BCUT2D eigenvalue weighted by Crippen LogP contribution is -2.08. The second kappa shape index (κ2) is 17.3. The molecule has 0 aliphatic carbocycles. The fourth-order valence-electron chi connectivity index (χ4n) is 3.74. The van der Waals surface area contributed by atoms with Crippen molar-refractivity contribution in [1.82, 2.24) is 0 Å². The van der Waals surface area contributed by atoms with Crippen molar-refractivity contribution < 1.29 is 41.7 Å². The second-order valence-corrected chi connectivity index (χ2v) is 9.60. The summed E-state index contributed by atoms with van der Waals surface area (Å²) in [6, 6.07) is 17.5. The van der Waals surface area contributed by atoms with Gasteiger partial charge in [-0.05, 0) is 92.4 Å². The van der Waals surface area contributed by atoms with E-state index in [1.165, 1.54) is 26.0 Å². The Morgan fingerprint density at radius 2 is 1.00 bits per heavy atom. The number of hydrogen-bond donors (Lipinski definition) is 0. The van der Waals surface area contributed by atoms with Gasteiger partial charge < -0.3 is 18.9 Å². The zero-order valence-electron chi connectivity index (χ0n) is 24.6. The van der Waals surface area contributed by atoms with Crippen molar-refractivity contribution in [3.05, 3.63) is 94.5 Å². The van der Waals surface area contributed by atoms with E-state index >= 15 is 0 Å². The molecule has 0 saturated heterocycles. The molecule has 44 heavy (non-hydrogen) atoms. The van der Waals surface area contributed by atoms with Crippen LogP contribution in [0.3, 0.4) is 0 Å². The minimum Gasteiger partial charge on any atom is -0.494 e. The first kappa shape index (κ1) is 33.6. The van der Waals surface area contributed by atoms with Gasteiger partial charge in [0.25, 0.3) is 0 Å². The Morgan fingerprint density at radius 1 is 0.591 bits per heavy atom. The molecule has 0 radical (unpaired) electrons. The maximum Gasteiger partial charge on any atom is 0.417 e. The van der Waals surface area contributed by atoms with Crippen LogP contribution in [-0.4, -0.2) is 38.4 Å². The van der Waals surface area contributed by atoms with Crippen LogP contribution in [0.1, 0.15) is 67.3 Å². The Kier molecular flexibility index (Phi) is 13.2. The fraction of sp³-hybridized carbons (Fsp3) is 0.314. The maximum absolute atomic E-state index is 13.9. The highest BCUT2D eigenvalue weighted by atomic mass is 19.4. The molecule has 0 heterocycles. The lowest BCUT2D eigenvalue weighted by atomic mass is 10.0. The number of carbonyl (C=O) groups is 2. The van der Waals surface area contributed by atoms with E-state index in [4.69, 9.17) is 18.9 Å². The molecular weight excluding hydrogens is 573 g/mol. The number of unbranched alkanes of at least 4 members (excludes halogenated alkanes) is 2. The van der Waals surface area contributed by atoms with Gasteiger partial charge in [-0.2, -0.15) is 13.2 Å². The van der Waals surface area contributed by atoms with Crippen molar-refractivity contribution in [2.45, 2.75) is 45.7 Å². The molecule has 0 unspecified atom stereocenters. The summed E-state index contributed by atoms with van der Waals surface area (Å²) in [5.41, 5.74) is 0.372. The molecule has 3 rings (SSSR count). The Bertz CT molecular complexity index is 1500. The molecule has 3 aromatic carbocycles. The van der Waals surface area contributed by atoms with Gasteiger partial charge in [0.1, 0.15) is 11.5 Å². The quantitative estimate of drug-likeness (QED) is 0.126. The highest BCUT2D eigenvalue weighted by Crippen LogP contribution is 2.32. The average molecular weight is 607 g/mol. The van der Waals surface area contributed by atoms with E-state index in [1.54, 1.807) is 48.5 Å². The second-order valence-electron chi connectivity index (χ2n) is 9.60. The summed E-state index contributed by atoms with van der Waals surface area (Å²) in [6.07, 6.45) is -1.80. The zero-order chi connectivity index (χ0) is 31.8. The molecule has 9 heteroatoms. The molecule has 0 N–H and O–H groups in total. The standard InChI is InChI=1S/C35H33F3O6/c1-26(39)41-21-3-5-23-43-32-17-11-28(12-18-32)7-8-30-10-16-31(34(25-30)35(36,37)38)15-9-29-13-19-33(20-14-29)44-24-6-4-22-42-27(2)40/h10-14,16-20,25H,3-6,21-24H2,1-2H3. The lowest BCUT2D eigenvalue weighted by Gasteiger charge is -2.09. The van der Waals surface area contributed by atoms with Crippen LogP contribution in [0.2, 0.25) is 0 Å². The Hall–Kier alpha value is -4.89. The number of benzene rings is 3. The number of ether oxygens (including phenoxy) is 4. The third kappa shape index (κ3) is 12.5. The summed E-state index contributed by atoms with van der Waals surface area (Å²) in [7, 11) is 0. The van der Waals surface area contributed by atoms with Gasteiger partial charge in [0.05, 0.1) is 32.0 Å². The molecular formula is C35H33F3O6. The molecule has 0 aliphatic rings. The molecule has 0 aromatic heterocycles. The molecule has 3 aromatic rings. The topological polar surface area (TPSA) is 71.1 Å². The van der Waals surface area contributed by atoms with Crippen LogP contribution >= 0.6 is 0 Å². The van der Waals surface area contributed by atoms with E-state index in [2.05, 4.69) is 23.7 Å². The van der Waals surface area contributed by atoms with Gasteiger partial charge in [-0.15, -0.1) is 0 Å². The minimum absolute atomic E-state index is 0.148. The number of halogens is 3. The molecule has 6 nitrogen and oxygen atoms in total. The van der Waals surface area contributed by atoms with E-state index in [9.17, 15) is 22.8 Å². The summed E-state index contributed by atoms with van der Waals surface area (Å²) >= 11 is 0. The van der Waals surface area contributed by atoms with Crippen LogP contribution in [-0.2, 0) is 25.2 Å². The highest BCUT2D eigenvalue weighted by molar-refractivity contribution is 5.66. The van der Waals surface area contributed by atoms with Crippen LogP contribution in [0, 0.1) is 23.7 Å². The van der Waals surface area contributed by atoms with Crippen LogP contribution < -0.4 is 9.47 Å². The summed E-state index contributed by atoms with van der Waals surface area (Å²) in [5, 5.41) is 0. The van der Waals surface area contributed by atoms with Crippen molar-refractivity contribution in [3.8, 4) is 35.2 Å². The van der Waals surface area contributed by atoms with Crippen LogP contribution in [0.15, 0.2) is 66.7 Å². The molecule has 0 spiro atoms. The van der Waals surface area contributed by atoms with Crippen molar-refractivity contribution >= 4 is 11.9 Å². The predicted molar refractivity (Wildman–Crippen MR) is 159 cm³/mol. The highest BCUT2D eigenvalue weighted by Gasteiger charge is 2.33. The molecule has 0 aliphatic heterocycles. The van der Waals surface area contributed by atoms with E-state index in [0.29, 0.717) is 68.3 Å². The molecule has 0 amide bonds. The first-order chi connectivity index (χ1) is 21.1. The van der Waals surface area contributed by atoms with Crippen molar-refractivity contribution in [2.24, 2.45) is 0 Å². The van der Waals surface area contributed by atoms with Crippen molar-refractivity contribution in [2.75, 3.05) is 26.4 Å². The van der Waals surface area contributed by atoms with E-state index in [1.807, 2.05) is 0 Å². The van der Waals surface area contributed by atoms with Gasteiger partial charge >= 0.3 is 18.1 Å². The van der Waals surface area contributed by atoms with Crippen LogP contribution in [0.5, 0.6) is 11.5 Å². The van der Waals surface area contributed by atoms with E-state index in [-0.39, 0.29) is 23.1 Å². The first-order valence-electron chi connectivity index (χ1n) is 14.1. The van der Waals surface area contributed by atoms with Gasteiger partial charge in [0.2, 0.25) is 0 Å². The van der Waals surface area contributed by atoms with E-state index in [0.717, 1.165) is 12.5 Å². The average Bonchev–Trinajstić information content (AvgIpc) is 2.99. The summed E-state index contributed by atoms with van der Waals surface area (Å²) in [4.78, 5) is 21.5. The van der Waals surface area contributed by atoms with Crippen molar-refractivity contribution in [1.29, 1.82) is 0 Å². The minimum atomic E-state index is -4.61. The molecule has 0 saturated carbocycles. The van der Waals surface area contributed by atoms with Crippen LogP contribution in [0.4, 0.5) is 13.2 Å². The normalized spacial score (nSPS) is 10.5. The van der Waals surface area contributed by atoms with E-state index < -0.39 is 11.7 Å². The van der Waals surface area contributed by atoms with Gasteiger partial charge in [-0.3, -0.25) is 9.59 Å². The number of alkyl halides is 3. The monoisotopic (exact) mass is 606 g/mol.